The van der Waals surface area contributed by atoms with E-state index in [0.717, 1.165) is 28.3 Å². The Hall–Kier alpha value is -3.27. The van der Waals surface area contributed by atoms with Crippen LogP contribution in [0.3, 0.4) is 0 Å². The van der Waals surface area contributed by atoms with E-state index in [9.17, 15) is 9.59 Å². The van der Waals surface area contributed by atoms with E-state index in [1.165, 1.54) is 0 Å². The fourth-order valence-electron chi connectivity index (χ4n) is 4.16. The van der Waals surface area contributed by atoms with Crippen LogP contribution in [0.15, 0.2) is 16.7 Å². The lowest BCUT2D eigenvalue weighted by molar-refractivity contribution is -0.133. The van der Waals surface area contributed by atoms with Crippen LogP contribution < -0.4 is 5.32 Å². The molecule has 1 fully saturated rings. The summed E-state index contributed by atoms with van der Waals surface area (Å²) in [6.45, 7) is 10.6. The molecule has 3 aromatic heterocycles. The van der Waals surface area contributed by atoms with Crippen LogP contribution in [-0.4, -0.2) is 74.1 Å². The lowest BCUT2D eigenvalue weighted by Gasteiger charge is -2.34. The third kappa shape index (κ3) is 4.80. The summed E-state index contributed by atoms with van der Waals surface area (Å²) in [5, 5.41) is 11.0. The van der Waals surface area contributed by atoms with Gasteiger partial charge < -0.3 is 14.7 Å². The van der Waals surface area contributed by atoms with Crippen LogP contribution in [0.1, 0.15) is 34.8 Å². The zero-order valence-electron chi connectivity index (χ0n) is 19.0. The summed E-state index contributed by atoms with van der Waals surface area (Å²) in [5.74, 6) is 1.06. The average Bonchev–Trinajstić information content (AvgIpc) is 3.32. The van der Waals surface area contributed by atoms with E-state index >= 15 is 0 Å². The van der Waals surface area contributed by atoms with Crippen LogP contribution >= 0.6 is 0 Å². The third-order valence-corrected chi connectivity index (χ3v) is 5.86. The van der Waals surface area contributed by atoms with E-state index in [1.54, 1.807) is 13.0 Å². The minimum Gasteiger partial charge on any atom is -0.360 e. The number of anilines is 1. The van der Waals surface area contributed by atoms with Gasteiger partial charge >= 0.3 is 0 Å². The molecule has 1 saturated heterocycles. The van der Waals surface area contributed by atoms with Gasteiger partial charge in [0.1, 0.15) is 5.76 Å². The molecule has 1 N–H and O–H groups in total. The van der Waals surface area contributed by atoms with Gasteiger partial charge in [0.2, 0.25) is 11.8 Å². The van der Waals surface area contributed by atoms with Crippen molar-refractivity contribution in [1.82, 2.24) is 29.6 Å². The number of piperazine rings is 1. The van der Waals surface area contributed by atoms with Crippen molar-refractivity contribution in [3.05, 3.63) is 40.5 Å². The maximum Gasteiger partial charge on any atom is 0.239 e. The van der Waals surface area contributed by atoms with Crippen molar-refractivity contribution in [2.45, 2.75) is 40.5 Å². The molecule has 170 valence electrons. The molecule has 32 heavy (non-hydrogen) atoms. The standard InChI is InChI=1S/C22H29N7O3/c1-14-11-20-23-16(3)18(17(4)29(20)25-14)5-6-22(31)28-9-7-27(8-10-28)13-21(30)24-19-12-15(2)32-26-19/h11-12H,5-10,13H2,1-4H3,(H,24,26,30). The number of fused-ring (bicyclic) bond motifs is 1. The van der Waals surface area contributed by atoms with Crippen molar-refractivity contribution in [2.24, 2.45) is 0 Å². The summed E-state index contributed by atoms with van der Waals surface area (Å²) in [6.07, 6.45) is 1.07. The minimum atomic E-state index is -0.138. The van der Waals surface area contributed by atoms with Gasteiger partial charge in [0.25, 0.3) is 0 Å². The Kier molecular flexibility index (Phi) is 6.22. The normalized spacial score (nSPS) is 14.8. The topological polar surface area (TPSA) is 109 Å². The van der Waals surface area contributed by atoms with Gasteiger partial charge in [-0.25, -0.2) is 9.50 Å². The molecule has 0 saturated carbocycles. The molecule has 10 heteroatoms. The number of carbonyl (C=O) groups is 2. The maximum absolute atomic E-state index is 12.8. The second kappa shape index (κ2) is 9.07. The van der Waals surface area contributed by atoms with Gasteiger partial charge in [-0.05, 0) is 39.7 Å². The Morgan fingerprint density at radius 2 is 1.84 bits per heavy atom. The predicted molar refractivity (Wildman–Crippen MR) is 118 cm³/mol. The molecule has 3 aromatic rings. The summed E-state index contributed by atoms with van der Waals surface area (Å²) in [6, 6.07) is 3.64. The molecule has 0 aliphatic carbocycles. The highest BCUT2D eigenvalue weighted by Gasteiger charge is 2.23. The maximum atomic E-state index is 12.8. The molecule has 2 amide bonds. The molecular formula is C22H29N7O3. The van der Waals surface area contributed by atoms with Gasteiger partial charge in [-0.3, -0.25) is 14.5 Å². The summed E-state index contributed by atoms with van der Waals surface area (Å²) in [5.41, 5.74) is 4.82. The van der Waals surface area contributed by atoms with Crippen molar-refractivity contribution in [2.75, 3.05) is 38.0 Å². The van der Waals surface area contributed by atoms with Crippen molar-refractivity contribution in [3.8, 4) is 0 Å². The van der Waals surface area contributed by atoms with Crippen LogP contribution in [0.4, 0.5) is 5.82 Å². The molecule has 4 heterocycles. The first-order chi connectivity index (χ1) is 15.3. The summed E-state index contributed by atoms with van der Waals surface area (Å²) in [4.78, 5) is 33.6. The first-order valence-electron chi connectivity index (χ1n) is 10.9. The Labute approximate surface area is 186 Å². The van der Waals surface area contributed by atoms with E-state index in [4.69, 9.17) is 4.52 Å². The number of rotatable bonds is 6. The second-order valence-electron chi connectivity index (χ2n) is 8.34. The second-order valence-corrected chi connectivity index (χ2v) is 8.34. The lowest BCUT2D eigenvalue weighted by Crippen LogP contribution is -2.50. The summed E-state index contributed by atoms with van der Waals surface area (Å²) < 4.78 is 6.81. The zero-order valence-corrected chi connectivity index (χ0v) is 19.0. The quantitative estimate of drug-likeness (QED) is 0.622. The number of carbonyl (C=O) groups excluding carboxylic acids is 2. The van der Waals surface area contributed by atoms with Crippen molar-refractivity contribution in [1.29, 1.82) is 0 Å². The van der Waals surface area contributed by atoms with Crippen molar-refractivity contribution >= 4 is 23.3 Å². The molecule has 1 aliphatic heterocycles. The molecule has 0 radical (unpaired) electrons. The van der Waals surface area contributed by atoms with E-state index in [0.29, 0.717) is 50.6 Å². The molecule has 0 bridgehead atoms. The Morgan fingerprint density at radius 1 is 1.09 bits per heavy atom. The lowest BCUT2D eigenvalue weighted by atomic mass is 10.1. The highest BCUT2D eigenvalue weighted by atomic mass is 16.5. The van der Waals surface area contributed by atoms with Gasteiger partial charge in [0.15, 0.2) is 11.5 Å². The van der Waals surface area contributed by atoms with Crippen LogP contribution in [-0.2, 0) is 16.0 Å². The zero-order chi connectivity index (χ0) is 22.8. The molecule has 0 atom stereocenters. The number of aromatic nitrogens is 4. The first kappa shape index (κ1) is 21.9. The largest absolute Gasteiger partial charge is 0.360 e. The highest BCUT2D eigenvalue weighted by molar-refractivity contribution is 5.91. The summed E-state index contributed by atoms with van der Waals surface area (Å²) >= 11 is 0. The summed E-state index contributed by atoms with van der Waals surface area (Å²) in [7, 11) is 0. The van der Waals surface area contributed by atoms with Crippen LogP contribution in [0.5, 0.6) is 0 Å². The number of amides is 2. The highest BCUT2D eigenvalue weighted by Crippen LogP contribution is 2.18. The fraction of sp³-hybridized carbons (Fsp3) is 0.500. The van der Waals surface area contributed by atoms with Gasteiger partial charge in [-0.2, -0.15) is 5.10 Å². The number of hydrogen-bond donors (Lipinski definition) is 1. The van der Waals surface area contributed by atoms with Crippen LogP contribution in [0, 0.1) is 27.7 Å². The molecular weight excluding hydrogens is 410 g/mol. The van der Waals surface area contributed by atoms with E-state index in [-0.39, 0.29) is 18.4 Å². The van der Waals surface area contributed by atoms with E-state index in [2.05, 4.69) is 20.6 Å². The fourth-order valence-corrected chi connectivity index (χ4v) is 4.16. The Balaban J connectivity index is 1.27. The van der Waals surface area contributed by atoms with E-state index in [1.807, 2.05) is 41.2 Å². The first-order valence-corrected chi connectivity index (χ1v) is 10.9. The molecule has 0 spiro atoms. The monoisotopic (exact) mass is 439 g/mol. The Bertz CT molecular complexity index is 1140. The minimum absolute atomic E-state index is 0.128. The predicted octanol–water partition coefficient (Wildman–Crippen LogP) is 1.67. The molecule has 0 unspecified atom stereocenters. The molecule has 4 rings (SSSR count). The Morgan fingerprint density at radius 3 is 2.53 bits per heavy atom. The van der Waals surface area contributed by atoms with Gasteiger partial charge in [0, 0.05) is 56.1 Å². The molecule has 0 aromatic carbocycles. The van der Waals surface area contributed by atoms with Crippen LogP contribution in [0.25, 0.3) is 5.65 Å². The number of nitrogens with one attached hydrogen (secondary N) is 1. The van der Waals surface area contributed by atoms with Gasteiger partial charge in [-0.15, -0.1) is 0 Å². The van der Waals surface area contributed by atoms with Crippen molar-refractivity contribution in [3.63, 3.8) is 0 Å². The number of nitrogens with zero attached hydrogens (tertiary/aromatic N) is 6. The molecule has 1 aliphatic rings. The van der Waals surface area contributed by atoms with E-state index < -0.39 is 0 Å². The third-order valence-electron chi connectivity index (χ3n) is 5.86. The molecule has 10 nitrogen and oxygen atoms in total. The smallest absolute Gasteiger partial charge is 0.239 e. The SMILES string of the molecule is Cc1cc2nc(C)c(CCC(=O)N3CCN(CC(=O)Nc4cc(C)on4)CC3)c(C)n2n1. The number of aryl methyl sites for hydroxylation is 4. The van der Waals surface area contributed by atoms with Crippen molar-refractivity contribution < 1.29 is 14.1 Å². The van der Waals surface area contributed by atoms with Gasteiger partial charge in [-0.1, -0.05) is 5.16 Å². The van der Waals surface area contributed by atoms with Gasteiger partial charge in [0.05, 0.1) is 12.2 Å². The average molecular weight is 440 g/mol. The number of hydrogen-bond acceptors (Lipinski definition) is 7. The van der Waals surface area contributed by atoms with Crippen LogP contribution in [0.2, 0.25) is 0 Å².